The predicted molar refractivity (Wildman–Crippen MR) is 51.0 cm³/mol. The van der Waals surface area contributed by atoms with E-state index in [1.807, 2.05) is 0 Å². The van der Waals surface area contributed by atoms with E-state index in [1.165, 1.54) is 6.07 Å². The van der Waals surface area contributed by atoms with E-state index < -0.39 is 5.38 Å². The number of aromatic nitrogens is 2. The van der Waals surface area contributed by atoms with Gasteiger partial charge in [-0.25, -0.2) is 0 Å². The van der Waals surface area contributed by atoms with Crippen molar-refractivity contribution in [3.05, 3.63) is 17.3 Å². The zero-order valence-corrected chi connectivity index (χ0v) is 8.30. The Labute approximate surface area is 85.3 Å². The van der Waals surface area contributed by atoms with Crippen LogP contribution in [-0.4, -0.2) is 21.5 Å². The van der Waals surface area contributed by atoms with Gasteiger partial charge in [0.15, 0.2) is 11.0 Å². The lowest BCUT2D eigenvalue weighted by Crippen LogP contribution is -2.21. The van der Waals surface area contributed by atoms with E-state index in [9.17, 15) is 4.79 Å². The number of halogens is 2. The normalized spacial score (nSPS) is 12.2. The van der Waals surface area contributed by atoms with Gasteiger partial charge in [0.1, 0.15) is 5.38 Å². The maximum atomic E-state index is 11.1. The van der Waals surface area contributed by atoms with Crippen LogP contribution in [0, 0.1) is 0 Å². The third-order valence-corrected chi connectivity index (χ3v) is 1.64. The molecular formula is C7H7Cl2N3O. The van der Waals surface area contributed by atoms with E-state index in [0.29, 0.717) is 5.82 Å². The molecule has 0 saturated carbocycles. The van der Waals surface area contributed by atoms with Gasteiger partial charge < -0.3 is 5.32 Å². The number of alkyl halides is 1. The zero-order valence-electron chi connectivity index (χ0n) is 6.79. The maximum absolute atomic E-state index is 11.1. The topological polar surface area (TPSA) is 54.9 Å². The standard InChI is InChI=1S/C7H7Cl2N3O/c1-4(8)7(13)10-6-3-2-5(9)11-12-6/h2-4H,1H3,(H,10,12,13). The van der Waals surface area contributed by atoms with Crippen molar-refractivity contribution >= 4 is 34.9 Å². The highest BCUT2D eigenvalue weighted by Gasteiger charge is 2.09. The van der Waals surface area contributed by atoms with E-state index in [2.05, 4.69) is 15.5 Å². The molecule has 0 fully saturated rings. The van der Waals surface area contributed by atoms with Gasteiger partial charge in [-0.3, -0.25) is 4.79 Å². The molecule has 0 spiro atoms. The summed E-state index contributed by atoms with van der Waals surface area (Å²) in [6, 6.07) is 3.08. The van der Waals surface area contributed by atoms with Crippen molar-refractivity contribution in [1.82, 2.24) is 10.2 Å². The number of nitrogens with zero attached hydrogens (tertiary/aromatic N) is 2. The quantitative estimate of drug-likeness (QED) is 0.771. The van der Waals surface area contributed by atoms with Crippen LogP contribution in [0.15, 0.2) is 12.1 Å². The molecule has 1 amide bonds. The number of amides is 1. The molecule has 1 aromatic rings. The van der Waals surface area contributed by atoms with Crippen molar-refractivity contribution in [3.8, 4) is 0 Å². The fourth-order valence-electron chi connectivity index (χ4n) is 0.608. The molecule has 0 aliphatic carbocycles. The van der Waals surface area contributed by atoms with Crippen LogP contribution in [0.5, 0.6) is 0 Å². The Bertz CT molecular complexity index is 299. The Hall–Kier alpha value is -0.870. The molecule has 0 aromatic carbocycles. The van der Waals surface area contributed by atoms with E-state index in [-0.39, 0.29) is 11.1 Å². The first-order chi connectivity index (χ1) is 6.09. The molecule has 0 aliphatic heterocycles. The minimum Gasteiger partial charge on any atom is -0.308 e. The van der Waals surface area contributed by atoms with Gasteiger partial charge in [-0.2, -0.15) is 0 Å². The Balaban J connectivity index is 2.65. The van der Waals surface area contributed by atoms with E-state index in [1.54, 1.807) is 13.0 Å². The van der Waals surface area contributed by atoms with Gasteiger partial charge in [-0.1, -0.05) is 11.6 Å². The first kappa shape index (κ1) is 10.2. The summed E-state index contributed by atoms with van der Waals surface area (Å²) in [5.74, 6) is 0.0141. The number of hydrogen-bond acceptors (Lipinski definition) is 3. The van der Waals surface area contributed by atoms with Crippen LogP contribution in [0.1, 0.15) is 6.92 Å². The second kappa shape index (κ2) is 4.39. The molecule has 1 aromatic heterocycles. The molecule has 1 N–H and O–H groups in total. The average molecular weight is 220 g/mol. The molecular weight excluding hydrogens is 213 g/mol. The molecule has 0 saturated heterocycles. The molecule has 1 atom stereocenters. The number of rotatable bonds is 2. The third kappa shape index (κ3) is 3.16. The molecule has 1 unspecified atom stereocenters. The summed E-state index contributed by atoms with van der Waals surface area (Å²) in [6.45, 7) is 1.57. The van der Waals surface area contributed by atoms with Crippen molar-refractivity contribution in [1.29, 1.82) is 0 Å². The zero-order chi connectivity index (χ0) is 9.84. The molecule has 0 bridgehead atoms. The number of hydrogen-bond donors (Lipinski definition) is 1. The molecule has 0 aliphatic rings. The van der Waals surface area contributed by atoms with Gasteiger partial charge in [0.25, 0.3) is 0 Å². The van der Waals surface area contributed by atoms with Gasteiger partial charge in [0.2, 0.25) is 5.91 Å². The van der Waals surface area contributed by atoms with Crippen LogP contribution in [0.4, 0.5) is 5.82 Å². The molecule has 1 heterocycles. The summed E-state index contributed by atoms with van der Waals surface area (Å²) in [5, 5.41) is 9.32. The lowest BCUT2D eigenvalue weighted by molar-refractivity contribution is -0.115. The van der Waals surface area contributed by atoms with Gasteiger partial charge in [0, 0.05) is 0 Å². The molecule has 4 nitrogen and oxygen atoms in total. The van der Waals surface area contributed by atoms with Crippen molar-refractivity contribution in [2.75, 3.05) is 5.32 Å². The Morgan fingerprint density at radius 3 is 2.69 bits per heavy atom. The molecule has 6 heteroatoms. The van der Waals surface area contributed by atoms with Gasteiger partial charge in [-0.15, -0.1) is 21.8 Å². The second-order valence-electron chi connectivity index (χ2n) is 2.35. The Morgan fingerprint density at radius 2 is 2.23 bits per heavy atom. The SMILES string of the molecule is CC(Cl)C(=O)Nc1ccc(Cl)nn1. The molecule has 0 radical (unpaired) electrons. The first-order valence-corrected chi connectivity index (χ1v) is 4.35. The minimum atomic E-state index is -0.600. The highest BCUT2D eigenvalue weighted by atomic mass is 35.5. The summed E-state index contributed by atoms with van der Waals surface area (Å²) >= 11 is 11.0. The minimum absolute atomic E-state index is 0.275. The lowest BCUT2D eigenvalue weighted by atomic mass is 10.4. The summed E-state index contributed by atoms with van der Waals surface area (Å²) < 4.78 is 0. The van der Waals surface area contributed by atoms with Gasteiger partial charge in [0.05, 0.1) is 0 Å². The van der Waals surface area contributed by atoms with Gasteiger partial charge >= 0.3 is 0 Å². The Kier molecular flexibility index (Phi) is 3.45. The predicted octanol–water partition coefficient (Wildman–Crippen LogP) is 1.70. The summed E-state index contributed by atoms with van der Waals surface area (Å²) in [5.41, 5.74) is 0. The van der Waals surface area contributed by atoms with E-state index in [4.69, 9.17) is 23.2 Å². The molecule has 70 valence electrons. The highest BCUT2D eigenvalue weighted by Crippen LogP contribution is 2.07. The second-order valence-corrected chi connectivity index (χ2v) is 3.39. The number of nitrogens with one attached hydrogen (secondary N) is 1. The monoisotopic (exact) mass is 219 g/mol. The average Bonchev–Trinajstić information content (AvgIpc) is 2.08. The van der Waals surface area contributed by atoms with Crippen LogP contribution in [0.25, 0.3) is 0 Å². The van der Waals surface area contributed by atoms with E-state index in [0.717, 1.165) is 0 Å². The van der Waals surface area contributed by atoms with Crippen LogP contribution < -0.4 is 5.32 Å². The smallest absolute Gasteiger partial charge is 0.243 e. The first-order valence-electron chi connectivity index (χ1n) is 3.54. The van der Waals surface area contributed by atoms with Crippen molar-refractivity contribution in [2.24, 2.45) is 0 Å². The van der Waals surface area contributed by atoms with Crippen LogP contribution >= 0.6 is 23.2 Å². The molecule has 13 heavy (non-hydrogen) atoms. The third-order valence-electron chi connectivity index (χ3n) is 1.24. The number of carbonyl (C=O) groups is 1. The van der Waals surface area contributed by atoms with E-state index >= 15 is 0 Å². The number of anilines is 1. The van der Waals surface area contributed by atoms with Gasteiger partial charge in [-0.05, 0) is 19.1 Å². The van der Waals surface area contributed by atoms with Crippen LogP contribution in [0.2, 0.25) is 5.15 Å². The summed E-state index contributed by atoms with van der Waals surface area (Å²) in [4.78, 5) is 11.1. The summed E-state index contributed by atoms with van der Waals surface area (Å²) in [7, 11) is 0. The fraction of sp³-hybridized carbons (Fsp3) is 0.286. The maximum Gasteiger partial charge on any atom is 0.243 e. The van der Waals surface area contributed by atoms with Crippen LogP contribution in [-0.2, 0) is 4.79 Å². The lowest BCUT2D eigenvalue weighted by Gasteiger charge is -2.03. The number of carbonyl (C=O) groups excluding carboxylic acids is 1. The summed E-state index contributed by atoms with van der Waals surface area (Å²) in [6.07, 6.45) is 0. The van der Waals surface area contributed by atoms with Crippen molar-refractivity contribution in [2.45, 2.75) is 12.3 Å². The molecule has 1 rings (SSSR count). The van der Waals surface area contributed by atoms with Crippen molar-refractivity contribution in [3.63, 3.8) is 0 Å². The van der Waals surface area contributed by atoms with Crippen molar-refractivity contribution < 1.29 is 4.79 Å². The highest BCUT2D eigenvalue weighted by molar-refractivity contribution is 6.32. The fourth-order valence-corrected chi connectivity index (χ4v) is 0.764. The van der Waals surface area contributed by atoms with Crippen LogP contribution in [0.3, 0.4) is 0 Å². The Morgan fingerprint density at radius 1 is 1.54 bits per heavy atom. The largest absolute Gasteiger partial charge is 0.308 e.